The summed E-state index contributed by atoms with van der Waals surface area (Å²) in [6, 6.07) is 33.8. The number of phenols is 1. The van der Waals surface area contributed by atoms with Crippen molar-refractivity contribution >= 4 is 0 Å². The van der Waals surface area contributed by atoms with Crippen LogP contribution >= 0.6 is 0 Å². The van der Waals surface area contributed by atoms with Crippen LogP contribution < -0.4 is 0 Å². The van der Waals surface area contributed by atoms with Gasteiger partial charge in [0, 0.05) is 11.1 Å². The Morgan fingerprint density at radius 1 is 0.419 bits per heavy atom. The molecule has 4 aromatic rings. The molecule has 0 aliphatic rings. The minimum Gasteiger partial charge on any atom is -0.507 e. The van der Waals surface area contributed by atoms with E-state index in [0.29, 0.717) is 5.75 Å². The number of para-hydroxylation sites is 1. The first-order chi connectivity index (χ1) is 21.3. The average Bonchev–Trinajstić information content (AvgIpc) is 3.05. The molecule has 1 heteroatoms. The van der Waals surface area contributed by atoms with Crippen LogP contribution in [0.4, 0.5) is 0 Å². The monoisotopic (exact) mass is 574 g/mol. The molecule has 0 aromatic heterocycles. The van der Waals surface area contributed by atoms with E-state index in [1.807, 2.05) is 18.2 Å². The number of aryl methyl sites for hydroxylation is 1. The van der Waals surface area contributed by atoms with Gasteiger partial charge in [-0.05, 0) is 46.7 Å². The van der Waals surface area contributed by atoms with Crippen LogP contribution in [0.25, 0.3) is 33.4 Å². The van der Waals surface area contributed by atoms with E-state index in [2.05, 4.69) is 79.7 Å². The van der Waals surface area contributed by atoms with E-state index in [0.717, 1.165) is 17.5 Å². The van der Waals surface area contributed by atoms with Crippen LogP contribution in [0.3, 0.4) is 0 Å². The molecule has 0 aliphatic carbocycles. The normalized spacial score (nSPS) is 11.2. The summed E-state index contributed by atoms with van der Waals surface area (Å²) >= 11 is 0. The van der Waals surface area contributed by atoms with Gasteiger partial charge in [-0.1, -0.05) is 194 Å². The highest BCUT2D eigenvalue weighted by atomic mass is 16.3. The van der Waals surface area contributed by atoms with Gasteiger partial charge in [-0.3, -0.25) is 0 Å². The van der Waals surface area contributed by atoms with Crippen LogP contribution in [0.15, 0.2) is 97.1 Å². The summed E-state index contributed by atoms with van der Waals surface area (Å²) in [5, 5.41) is 10.9. The Balaban J connectivity index is 1.31. The van der Waals surface area contributed by atoms with Crippen molar-refractivity contribution < 1.29 is 5.11 Å². The highest BCUT2D eigenvalue weighted by Crippen LogP contribution is 2.44. The van der Waals surface area contributed by atoms with Gasteiger partial charge in [0.1, 0.15) is 5.75 Å². The quantitative estimate of drug-likeness (QED) is 0.104. The van der Waals surface area contributed by atoms with Gasteiger partial charge in [-0.15, -0.1) is 0 Å². The number of aromatic hydroxyl groups is 1. The number of phenolic OH excluding ortho intramolecular Hbond substituents is 1. The molecule has 4 rings (SSSR count). The van der Waals surface area contributed by atoms with Gasteiger partial charge in [-0.2, -0.15) is 0 Å². The molecule has 0 spiro atoms. The van der Waals surface area contributed by atoms with Crippen LogP contribution in [0.1, 0.15) is 115 Å². The minimum atomic E-state index is 0.322. The molecule has 1 N–H and O–H groups in total. The maximum atomic E-state index is 10.9. The first kappa shape index (κ1) is 32.6. The predicted molar refractivity (Wildman–Crippen MR) is 188 cm³/mol. The van der Waals surface area contributed by atoms with Gasteiger partial charge < -0.3 is 5.11 Å². The van der Waals surface area contributed by atoms with Crippen molar-refractivity contribution in [1.29, 1.82) is 0 Å². The molecule has 43 heavy (non-hydrogen) atoms. The molecule has 0 radical (unpaired) electrons. The first-order valence-electron chi connectivity index (χ1n) is 17.3. The third-order valence-corrected chi connectivity index (χ3v) is 8.86. The van der Waals surface area contributed by atoms with Crippen molar-refractivity contribution in [3.63, 3.8) is 0 Å². The lowest BCUT2D eigenvalue weighted by Gasteiger charge is -2.19. The molecule has 0 heterocycles. The molecule has 0 aliphatic heterocycles. The number of unbranched alkanes of at least 4 members (excludes halogenated alkanes) is 15. The summed E-state index contributed by atoms with van der Waals surface area (Å²) < 4.78 is 0. The number of benzene rings is 4. The molecule has 0 unspecified atom stereocenters. The summed E-state index contributed by atoms with van der Waals surface area (Å²) in [5.41, 5.74) is 8.12. The first-order valence-corrected chi connectivity index (χ1v) is 17.3. The van der Waals surface area contributed by atoms with E-state index in [4.69, 9.17) is 0 Å². The molecule has 4 aromatic carbocycles. The lowest BCUT2D eigenvalue weighted by Crippen LogP contribution is -1.96. The minimum absolute atomic E-state index is 0.322. The molecule has 0 atom stereocenters. The van der Waals surface area contributed by atoms with E-state index < -0.39 is 0 Å². The lowest BCUT2D eigenvalue weighted by atomic mass is 9.85. The topological polar surface area (TPSA) is 20.2 Å². The highest BCUT2D eigenvalue weighted by molar-refractivity contribution is 5.96. The summed E-state index contributed by atoms with van der Waals surface area (Å²) in [4.78, 5) is 0. The van der Waals surface area contributed by atoms with Gasteiger partial charge in [0.05, 0.1) is 0 Å². The Morgan fingerprint density at radius 2 is 0.814 bits per heavy atom. The van der Waals surface area contributed by atoms with Crippen molar-refractivity contribution in [3.05, 3.63) is 103 Å². The average molecular weight is 575 g/mol. The zero-order valence-electron chi connectivity index (χ0n) is 26.7. The fourth-order valence-electron chi connectivity index (χ4n) is 6.39. The number of rotatable bonds is 20. The van der Waals surface area contributed by atoms with Gasteiger partial charge in [-0.25, -0.2) is 0 Å². The van der Waals surface area contributed by atoms with Gasteiger partial charge in [0.15, 0.2) is 0 Å². The second-order valence-corrected chi connectivity index (χ2v) is 12.4. The molecule has 0 fully saturated rings. The Morgan fingerprint density at radius 3 is 1.26 bits per heavy atom. The van der Waals surface area contributed by atoms with E-state index in [-0.39, 0.29) is 0 Å². The Labute approximate surface area is 262 Å². The van der Waals surface area contributed by atoms with Crippen LogP contribution in [0, 0.1) is 0 Å². The van der Waals surface area contributed by atoms with E-state index >= 15 is 0 Å². The second-order valence-electron chi connectivity index (χ2n) is 12.4. The highest BCUT2D eigenvalue weighted by Gasteiger charge is 2.18. The SMILES string of the molecule is CCCCCCCCCCCCCCCCCCc1cc(-c2ccccc2)c(-c2ccccc2O)c(-c2ccccc2)c1. The van der Waals surface area contributed by atoms with Gasteiger partial charge in [0.2, 0.25) is 0 Å². The smallest absolute Gasteiger partial charge is 0.123 e. The van der Waals surface area contributed by atoms with Crippen molar-refractivity contribution in [1.82, 2.24) is 0 Å². The largest absolute Gasteiger partial charge is 0.507 e. The van der Waals surface area contributed by atoms with Crippen molar-refractivity contribution in [2.75, 3.05) is 0 Å². The molecular formula is C42H54O. The van der Waals surface area contributed by atoms with E-state index in [1.165, 1.54) is 131 Å². The summed E-state index contributed by atoms with van der Waals surface area (Å²) in [5.74, 6) is 0.322. The van der Waals surface area contributed by atoms with Crippen molar-refractivity contribution in [2.24, 2.45) is 0 Å². The van der Waals surface area contributed by atoms with Crippen molar-refractivity contribution in [3.8, 4) is 39.1 Å². The fraction of sp³-hybridized carbons (Fsp3) is 0.429. The van der Waals surface area contributed by atoms with Crippen LogP contribution in [0.2, 0.25) is 0 Å². The standard InChI is InChI=1S/C42H54O/c1-2-3-4-5-6-7-8-9-10-11-12-13-14-15-16-19-26-35-33-39(36-27-20-17-21-28-36)42(38-31-24-25-32-41(38)43)40(34-35)37-29-22-18-23-30-37/h17-18,20-25,27-34,43H,2-16,19,26H2,1H3. The molecule has 0 saturated heterocycles. The molecule has 0 bridgehead atoms. The Kier molecular flexibility index (Phi) is 14.4. The van der Waals surface area contributed by atoms with Crippen molar-refractivity contribution in [2.45, 2.75) is 116 Å². The second kappa shape index (κ2) is 19.1. The maximum absolute atomic E-state index is 10.9. The maximum Gasteiger partial charge on any atom is 0.123 e. The molecule has 228 valence electrons. The third kappa shape index (κ3) is 10.7. The molecule has 1 nitrogen and oxygen atoms in total. The van der Waals surface area contributed by atoms with E-state index in [1.54, 1.807) is 6.07 Å². The Bertz CT molecular complexity index is 1250. The van der Waals surface area contributed by atoms with Crippen LogP contribution in [-0.2, 0) is 6.42 Å². The zero-order valence-corrected chi connectivity index (χ0v) is 26.7. The summed E-state index contributed by atoms with van der Waals surface area (Å²) in [7, 11) is 0. The third-order valence-electron chi connectivity index (χ3n) is 8.86. The number of hydrogen-bond donors (Lipinski definition) is 1. The summed E-state index contributed by atoms with van der Waals surface area (Å²) in [6.45, 7) is 2.29. The van der Waals surface area contributed by atoms with Gasteiger partial charge >= 0.3 is 0 Å². The number of hydrogen-bond acceptors (Lipinski definition) is 1. The molecule has 0 saturated carbocycles. The molecular weight excluding hydrogens is 520 g/mol. The van der Waals surface area contributed by atoms with Gasteiger partial charge in [0.25, 0.3) is 0 Å². The lowest BCUT2D eigenvalue weighted by molar-refractivity contribution is 0.477. The van der Waals surface area contributed by atoms with Crippen LogP contribution in [0.5, 0.6) is 5.75 Å². The predicted octanol–water partition coefficient (Wildman–Crippen LogP) is 13.2. The zero-order chi connectivity index (χ0) is 30.0. The summed E-state index contributed by atoms with van der Waals surface area (Å²) in [6.07, 6.45) is 23.4. The fourth-order valence-corrected chi connectivity index (χ4v) is 6.39. The van der Waals surface area contributed by atoms with E-state index in [9.17, 15) is 5.11 Å². The van der Waals surface area contributed by atoms with Crippen LogP contribution in [-0.4, -0.2) is 5.11 Å². The molecule has 0 amide bonds. The Hall–Kier alpha value is -3.32.